The molecule has 0 aliphatic rings. The van der Waals surface area contributed by atoms with Crippen molar-refractivity contribution in [3.63, 3.8) is 0 Å². The highest BCUT2D eigenvalue weighted by Gasteiger charge is 1.99. The molecule has 0 atom stereocenters. The number of anilines is 1. The van der Waals surface area contributed by atoms with Gasteiger partial charge in [-0.2, -0.15) is 0 Å². The molecule has 1 heterocycles. The monoisotopic (exact) mass is 182 g/mol. The molecule has 2 aromatic rings. The first-order chi connectivity index (χ1) is 5.29. The number of para-hydroxylation sites is 1. The van der Waals surface area contributed by atoms with E-state index < -0.39 is 0 Å². The number of nitrogens with zero attached hydrogens (tertiary/aromatic N) is 1. The summed E-state index contributed by atoms with van der Waals surface area (Å²) in [6, 6.07) is 8.11. The molecular formula is C9H11ClN2. The molecule has 0 aliphatic heterocycles. The number of benzene rings is 1. The molecule has 0 saturated heterocycles. The van der Waals surface area contributed by atoms with E-state index in [1.54, 1.807) is 0 Å². The standard InChI is InChI=1S/C9H10N2.ClH/c1-11-6-8(10)7-4-2-3-5-9(7)11;/h2-6H,10H2,1H3;1H. The second-order valence-corrected chi connectivity index (χ2v) is 2.71. The number of nitrogens with two attached hydrogens (primary N) is 1. The van der Waals surface area contributed by atoms with Crippen LogP contribution in [-0.2, 0) is 7.05 Å². The first kappa shape index (κ1) is 8.94. The summed E-state index contributed by atoms with van der Waals surface area (Å²) in [4.78, 5) is 0. The number of aromatic nitrogens is 1. The Labute approximate surface area is 77.4 Å². The van der Waals surface area contributed by atoms with Gasteiger partial charge in [0.15, 0.2) is 0 Å². The van der Waals surface area contributed by atoms with Gasteiger partial charge in [0.2, 0.25) is 0 Å². The number of aryl methyl sites for hydroxylation is 1. The van der Waals surface area contributed by atoms with Crippen molar-refractivity contribution >= 4 is 29.0 Å². The summed E-state index contributed by atoms with van der Waals surface area (Å²) in [6.07, 6.45) is 1.94. The zero-order valence-corrected chi connectivity index (χ0v) is 7.64. The Kier molecular flexibility index (Phi) is 2.29. The highest BCUT2D eigenvalue weighted by Crippen LogP contribution is 2.21. The predicted molar refractivity (Wildman–Crippen MR) is 54.6 cm³/mol. The summed E-state index contributed by atoms with van der Waals surface area (Å²) in [6.45, 7) is 0. The number of rotatable bonds is 0. The van der Waals surface area contributed by atoms with Crippen molar-refractivity contribution in [3.8, 4) is 0 Å². The van der Waals surface area contributed by atoms with Gasteiger partial charge < -0.3 is 10.3 Å². The average molecular weight is 183 g/mol. The van der Waals surface area contributed by atoms with Gasteiger partial charge in [-0.15, -0.1) is 12.4 Å². The van der Waals surface area contributed by atoms with E-state index >= 15 is 0 Å². The summed E-state index contributed by atoms with van der Waals surface area (Å²) >= 11 is 0. The number of hydrogen-bond acceptors (Lipinski definition) is 1. The van der Waals surface area contributed by atoms with E-state index in [2.05, 4.69) is 6.07 Å². The van der Waals surface area contributed by atoms with Crippen LogP contribution in [0.2, 0.25) is 0 Å². The summed E-state index contributed by atoms with van der Waals surface area (Å²) in [7, 11) is 2.00. The van der Waals surface area contributed by atoms with Crippen LogP contribution in [0.15, 0.2) is 30.5 Å². The smallest absolute Gasteiger partial charge is 0.0573 e. The summed E-state index contributed by atoms with van der Waals surface area (Å²) < 4.78 is 2.03. The maximum atomic E-state index is 5.76. The fourth-order valence-electron chi connectivity index (χ4n) is 1.37. The maximum absolute atomic E-state index is 5.76. The number of nitrogen functional groups attached to an aromatic ring is 1. The zero-order chi connectivity index (χ0) is 7.84. The molecule has 2 nitrogen and oxygen atoms in total. The minimum Gasteiger partial charge on any atom is -0.397 e. The SMILES string of the molecule is Cl.Cn1cc(N)c2ccccc21. The Morgan fingerprint density at radius 1 is 1.25 bits per heavy atom. The molecule has 0 amide bonds. The number of halogens is 1. The highest BCUT2D eigenvalue weighted by molar-refractivity contribution is 5.91. The Hall–Kier alpha value is -1.15. The minimum atomic E-state index is 0. The molecule has 1 aromatic carbocycles. The molecule has 0 radical (unpaired) electrons. The highest BCUT2D eigenvalue weighted by atomic mass is 35.5. The second-order valence-electron chi connectivity index (χ2n) is 2.71. The molecule has 12 heavy (non-hydrogen) atoms. The third-order valence-corrected chi connectivity index (χ3v) is 1.93. The molecule has 3 heteroatoms. The second kappa shape index (κ2) is 3.07. The molecule has 0 unspecified atom stereocenters. The van der Waals surface area contributed by atoms with Crippen LogP contribution in [0, 0.1) is 0 Å². The van der Waals surface area contributed by atoms with Gasteiger partial charge in [0.05, 0.1) is 5.69 Å². The van der Waals surface area contributed by atoms with Gasteiger partial charge in [0.1, 0.15) is 0 Å². The van der Waals surface area contributed by atoms with Crippen LogP contribution in [0.3, 0.4) is 0 Å². The van der Waals surface area contributed by atoms with Crippen LogP contribution >= 0.6 is 12.4 Å². The van der Waals surface area contributed by atoms with Crippen molar-refractivity contribution in [2.24, 2.45) is 7.05 Å². The van der Waals surface area contributed by atoms with E-state index in [1.807, 2.05) is 36.0 Å². The van der Waals surface area contributed by atoms with E-state index in [9.17, 15) is 0 Å². The normalized spacial score (nSPS) is 9.75. The van der Waals surface area contributed by atoms with Crippen molar-refractivity contribution in [2.45, 2.75) is 0 Å². The first-order valence-electron chi connectivity index (χ1n) is 3.58. The van der Waals surface area contributed by atoms with Crippen molar-refractivity contribution in [3.05, 3.63) is 30.5 Å². The van der Waals surface area contributed by atoms with Crippen LogP contribution in [0.25, 0.3) is 10.9 Å². The van der Waals surface area contributed by atoms with Gasteiger partial charge in [0.25, 0.3) is 0 Å². The molecular weight excluding hydrogens is 172 g/mol. The van der Waals surface area contributed by atoms with Crippen LogP contribution in [-0.4, -0.2) is 4.57 Å². The molecule has 64 valence electrons. The lowest BCUT2D eigenvalue weighted by molar-refractivity contribution is 0.970. The van der Waals surface area contributed by atoms with Gasteiger partial charge in [-0.1, -0.05) is 18.2 Å². The molecule has 0 bridgehead atoms. The minimum absolute atomic E-state index is 0. The number of hydrogen-bond donors (Lipinski definition) is 1. The molecule has 0 spiro atoms. The maximum Gasteiger partial charge on any atom is 0.0573 e. The molecule has 0 aliphatic carbocycles. The molecule has 1 aromatic heterocycles. The summed E-state index contributed by atoms with van der Waals surface area (Å²) in [5.74, 6) is 0. The van der Waals surface area contributed by atoms with E-state index in [0.29, 0.717) is 0 Å². The van der Waals surface area contributed by atoms with Crippen molar-refractivity contribution in [2.75, 3.05) is 5.73 Å². The Bertz CT molecular complexity index is 356. The van der Waals surface area contributed by atoms with Gasteiger partial charge in [0, 0.05) is 24.1 Å². The lowest BCUT2D eigenvalue weighted by Gasteiger charge is -1.92. The lowest BCUT2D eigenvalue weighted by Crippen LogP contribution is -1.82. The molecule has 2 rings (SSSR count). The average Bonchev–Trinajstić information content (AvgIpc) is 2.30. The van der Waals surface area contributed by atoms with Crippen molar-refractivity contribution in [1.82, 2.24) is 4.57 Å². The van der Waals surface area contributed by atoms with E-state index in [4.69, 9.17) is 5.73 Å². The summed E-state index contributed by atoms with van der Waals surface area (Å²) in [5, 5.41) is 1.13. The Morgan fingerprint density at radius 3 is 2.58 bits per heavy atom. The van der Waals surface area contributed by atoms with Crippen LogP contribution in [0.4, 0.5) is 5.69 Å². The predicted octanol–water partition coefficient (Wildman–Crippen LogP) is 2.18. The Morgan fingerprint density at radius 2 is 1.92 bits per heavy atom. The van der Waals surface area contributed by atoms with Gasteiger partial charge in [-0.25, -0.2) is 0 Å². The Balaban J connectivity index is 0.000000720. The topological polar surface area (TPSA) is 30.9 Å². The van der Waals surface area contributed by atoms with Crippen molar-refractivity contribution < 1.29 is 0 Å². The fourth-order valence-corrected chi connectivity index (χ4v) is 1.37. The molecule has 0 fully saturated rings. The van der Waals surface area contributed by atoms with Crippen LogP contribution in [0.5, 0.6) is 0 Å². The van der Waals surface area contributed by atoms with Gasteiger partial charge in [-0.3, -0.25) is 0 Å². The van der Waals surface area contributed by atoms with Crippen molar-refractivity contribution in [1.29, 1.82) is 0 Å². The zero-order valence-electron chi connectivity index (χ0n) is 6.82. The quantitative estimate of drug-likeness (QED) is 0.665. The molecule has 2 N–H and O–H groups in total. The third kappa shape index (κ3) is 1.14. The summed E-state index contributed by atoms with van der Waals surface area (Å²) in [5.41, 5.74) is 7.79. The van der Waals surface area contributed by atoms with Gasteiger partial charge in [-0.05, 0) is 6.07 Å². The largest absolute Gasteiger partial charge is 0.397 e. The number of fused-ring (bicyclic) bond motifs is 1. The fraction of sp³-hybridized carbons (Fsp3) is 0.111. The van der Waals surface area contributed by atoms with Crippen LogP contribution in [0.1, 0.15) is 0 Å². The van der Waals surface area contributed by atoms with E-state index in [-0.39, 0.29) is 12.4 Å². The van der Waals surface area contributed by atoms with E-state index in [0.717, 1.165) is 11.1 Å². The molecule has 0 saturated carbocycles. The van der Waals surface area contributed by atoms with Gasteiger partial charge >= 0.3 is 0 Å². The van der Waals surface area contributed by atoms with Crippen LogP contribution < -0.4 is 5.73 Å². The van der Waals surface area contributed by atoms with E-state index in [1.165, 1.54) is 5.52 Å². The lowest BCUT2D eigenvalue weighted by atomic mass is 10.2. The third-order valence-electron chi connectivity index (χ3n) is 1.93. The first-order valence-corrected chi connectivity index (χ1v) is 3.58.